The Balaban J connectivity index is 1.35. The Morgan fingerprint density at radius 1 is 1.07 bits per heavy atom. The predicted molar refractivity (Wildman–Crippen MR) is 127 cm³/mol. The maximum Gasteiger partial charge on any atom is 0.222 e. The number of benzene rings is 2. The smallest absolute Gasteiger partial charge is 0.222 e. The lowest BCUT2D eigenvalue weighted by atomic mass is 10.1. The molecule has 2 aromatic carbocycles. The SMILES string of the molecule is Cc1ccccc1N1CCN(C(=S)SCc2ccc3nc(N)nc(N)c3c2)CC1. The van der Waals surface area contributed by atoms with Crippen molar-refractivity contribution in [3.05, 3.63) is 53.6 Å². The highest BCUT2D eigenvalue weighted by Gasteiger charge is 2.20. The standard InChI is InChI=1S/C21H24N6S2/c1-14-4-2-3-5-18(14)26-8-10-27(11-9-26)21(28)29-13-15-6-7-17-16(12-15)19(22)25-20(23)24-17/h2-7,12H,8-11,13H2,1H3,(H4,22,23,24,25). The Morgan fingerprint density at radius 3 is 2.59 bits per heavy atom. The number of piperazine rings is 1. The van der Waals surface area contributed by atoms with Gasteiger partial charge in [-0.05, 0) is 36.2 Å². The van der Waals surface area contributed by atoms with Crippen LogP contribution in [0.25, 0.3) is 10.9 Å². The number of para-hydroxylation sites is 1. The van der Waals surface area contributed by atoms with E-state index in [0.717, 1.165) is 52.7 Å². The number of hydrogen-bond donors (Lipinski definition) is 2. The summed E-state index contributed by atoms with van der Waals surface area (Å²) >= 11 is 7.38. The van der Waals surface area contributed by atoms with Crippen LogP contribution in [0.2, 0.25) is 0 Å². The fourth-order valence-electron chi connectivity index (χ4n) is 3.59. The van der Waals surface area contributed by atoms with Crippen molar-refractivity contribution in [2.75, 3.05) is 42.5 Å². The van der Waals surface area contributed by atoms with E-state index in [2.05, 4.69) is 51.0 Å². The lowest BCUT2D eigenvalue weighted by molar-refractivity contribution is 0.397. The molecule has 1 aliphatic rings. The molecule has 0 unspecified atom stereocenters. The molecule has 1 fully saturated rings. The number of nitrogens with two attached hydrogens (primary N) is 2. The van der Waals surface area contributed by atoms with Crippen LogP contribution in [0.3, 0.4) is 0 Å². The average molecular weight is 425 g/mol. The van der Waals surface area contributed by atoms with Crippen LogP contribution in [-0.2, 0) is 5.75 Å². The third kappa shape index (κ3) is 4.38. The van der Waals surface area contributed by atoms with Crippen molar-refractivity contribution in [1.82, 2.24) is 14.9 Å². The molecule has 1 aliphatic heterocycles. The van der Waals surface area contributed by atoms with Crippen LogP contribution in [0, 0.1) is 6.92 Å². The molecule has 0 saturated carbocycles. The Morgan fingerprint density at radius 2 is 1.83 bits per heavy atom. The van der Waals surface area contributed by atoms with Crippen molar-refractivity contribution in [2.24, 2.45) is 0 Å². The summed E-state index contributed by atoms with van der Waals surface area (Å²) in [5.74, 6) is 1.40. The first-order chi connectivity index (χ1) is 14.0. The Labute approximate surface area is 180 Å². The Bertz CT molecular complexity index is 1050. The van der Waals surface area contributed by atoms with Gasteiger partial charge in [-0.15, -0.1) is 0 Å². The topological polar surface area (TPSA) is 84.3 Å². The minimum absolute atomic E-state index is 0.197. The second-order valence-corrected chi connectivity index (χ2v) is 8.74. The summed E-state index contributed by atoms with van der Waals surface area (Å²) in [6.07, 6.45) is 0. The van der Waals surface area contributed by atoms with Gasteiger partial charge in [0.2, 0.25) is 5.95 Å². The van der Waals surface area contributed by atoms with Crippen molar-refractivity contribution >= 4 is 56.7 Å². The molecule has 0 bridgehead atoms. The molecule has 150 valence electrons. The van der Waals surface area contributed by atoms with E-state index in [0.29, 0.717) is 5.82 Å². The number of thiocarbonyl (C=S) groups is 1. The molecule has 0 amide bonds. The summed E-state index contributed by atoms with van der Waals surface area (Å²) in [6, 6.07) is 14.5. The summed E-state index contributed by atoms with van der Waals surface area (Å²) in [7, 11) is 0. The van der Waals surface area contributed by atoms with Crippen LogP contribution in [0.5, 0.6) is 0 Å². The van der Waals surface area contributed by atoms with Gasteiger partial charge in [0, 0.05) is 43.0 Å². The summed E-state index contributed by atoms with van der Waals surface area (Å²) in [5, 5.41) is 0.829. The summed E-state index contributed by atoms with van der Waals surface area (Å²) < 4.78 is 0.941. The lowest BCUT2D eigenvalue weighted by Crippen LogP contribution is -2.47. The monoisotopic (exact) mass is 424 g/mol. The van der Waals surface area contributed by atoms with Gasteiger partial charge < -0.3 is 21.3 Å². The highest BCUT2D eigenvalue weighted by molar-refractivity contribution is 8.22. The number of aromatic nitrogens is 2. The molecule has 0 spiro atoms. The van der Waals surface area contributed by atoms with Gasteiger partial charge in [-0.2, -0.15) is 4.98 Å². The molecule has 2 heterocycles. The predicted octanol–water partition coefficient (Wildman–Crippen LogP) is 3.44. The van der Waals surface area contributed by atoms with Crippen LogP contribution in [0.4, 0.5) is 17.5 Å². The van der Waals surface area contributed by atoms with Gasteiger partial charge in [0.05, 0.1) is 5.52 Å². The van der Waals surface area contributed by atoms with Crippen LogP contribution >= 0.6 is 24.0 Å². The highest BCUT2D eigenvalue weighted by Crippen LogP contribution is 2.25. The number of fused-ring (bicyclic) bond motifs is 1. The molecule has 0 aliphatic carbocycles. The molecular formula is C21H24N6S2. The number of aryl methyl sites for hydroxylation is 1. The molecule has 4 rings (SSSR count). The average Bonchev–Trinajstić information content (AvgIpc) is 2.72. The van der Waals surface area contributed by atoms with E-state index < -0.39 is 0 Å². The van der Waals surface area contributed by atoms with Crippen LogP contribution in [0.1, 0.15) is 11.1 Å². The number of rotatable bonds is 3. The van der Waals surface area contributed by atoms with Gasteiger partial charge in [-0.25, -0.2) is 4.98 Å². The van der Waals surface area contributed by atoms with Crippen molar-refractivity contribution in [2.45, 2.75) is 12.7 Å². The van der Waals surface area contributed by atoms with Crippen molar-refractivity contribution < 1.29 is 0 Å². The highest BCUT2D eigenvalue weighted by atomic mass is 32.2. The van der Waals surface area contributed by atoms with Gasteiger partial charge in [0.1, 0.15) is 10.1 Å². The van der Waals surface area contributed by atoms with Crippen LogP contribution in [0.15, 0.2) is 42.5 Å². The van der Waals surface area contributed by atoms with Crippen LogP contribution in [-0.4, -0.2) is 45.4 Å². The minimum Gasteiger partial charge on any atom is -0.383 e. The van der Waals surface area contributed by atoms with E-state index in [-0.39, 0.29) is 5.95 Å². The zero-order chi connectivity index (χ0) is 20.4. The number of nitrogen functional groups attached to an aromatic ring is 2. The molecule has 4 N–H and O–H groups in total. The normalized spacial score (nSPS) is 14.4. The van der Waals surface area contributed by atoms with Crippen molar-refractivity contribution in [3.63, 3.8) is 0 Å². The van der Waals surface area contributed by atoms with E-state index in [1.54, 1.807) is 11.8 Å². The number of hydrogen-bond acceptors (Lipinski definition) is 7. The number of nitrogens with zero attached hydrogens (tertiary/aromatic N) is 4. The largest absolute Gasteiger partial charge is 0.383 e. The zero-order valence-corrected chi connectivity index (χ0v) is 18.0. The summed E-state index contributed by atoms with van der Waals surface area (Å²) in [5.41, 5.74) is 16.2. The number of anilines is 3. The summed E-state index contributed by atoms with van der Waals surface area (Å²) in [4.78, 5) is 13.0. The molecule has 8 heteroatoms. The van der Waals surface area contributed by atoms with Crippen molar-refractivity contribution in [1.29, 1.82) is 0 Å². The van der Waals surface area contributed by atoms with Gasteiger partial charge >= 0.3 is 0 Å². The molecule has 1 aromatic heterocycles. The lowest BCUT2D eigenvalue weighted by Gasteiger charge is -2.37. The molecule has 6 nitrogen and oxygen atoms in total. The third-order valence-corrected chi connectivity index (χ3v) is 6.76. The minimum atomic E-state index is 0.197. The molecule has 29 heavy (non-hydrogen) atoms. The van der Waals surface area contributed by atoms with Crippen LogP contribution < -0.4 is 16.4 Å². The van der Waals surface area contributed by atoms with E-state index in [9.17, 15) is 0 Å². The van der Waals surface area contributed by atoms with Crippen molar-refractivity contribution in [3.8, 4) is 0 Å². The van der Waals surface area contributed by atoms with Gasteiger partial charge in [0.15, 0.2) is 0 Å². The van der Waals surface area contributed by atoms with Gasteiger partial charge in [-0.3, -0.25) is 0 Å². The van der Waals surface area contributed by atoms with Gasteiger partial charge in [-0.1, -0.05) is 48.2 Å². The Hall–Kier alpha value is -2.58. The first-order valence-corrected chi connectivity index (χ1v) is 10.9. The fourth-order valence-corrected chi connectivity index (χ4v) is 4.79. The zero-order valence-electron chi connectivity index (χ0n) is 16.3. The first kappa shape index (κ1) is 19.7. The Kier molecular flexibility index (Phi) is 5.73. The third-order valence-electron chi connectivity index (χ3n) is 5.16. The fraction of sp³-hybridized carbons (Fsp3) is 0.286. The molecular weight excluding hydrogens is 400 g/mol. The van der Waals surface area contributed by atoms with E-state index >= 15 is 0 Å². The summed E-state index contributed by atoms with van der Waals surface area (Å²) in [6.45, 7) is 6.02. The van der Waals surface area contributed by atoms with E-state index in [1.807, 2.05) is 18.2 Å². The number of thioether (sulfide) groups is 1. The first-order valence-electron chi connectivity index (χ1n) is 9.55. The molecule has 1 saturated heterocycles. The molecule has 0 atom stereocenters. The molecule has 3 aromatic rings. The maximum atomic E-state index is 5.99. The van der Waals surface area contributed by atoms with Gasteiger partial charge in [0.25, 0.3) is 0 Å². The second kappa shape index (κ2) is 8.42. The van der Waals surface area contributed by atoms with E-state index in [4.69, 9.17) is 23.7 Å². The second-order valence-electron chi connectivity index (χ2n) is 7.13. The van der Waals surface area contributed by atoms with E-state index in [1.165, 1.54) is 11.3 Å². The maximum absolute atomic E-state index is 5.99. The quantitative estimate of drug-likeness (QED) is 0.619. The molecule has 0 radical (unpaired) electrons.